The van der Waals surface area contributed by atoms with Gasteiger partial charge in [0.25, 0.3) is 5.91 Å². The van der Waals surface area contributed by atoms with E-state index < -0.39 is 46.7 Å². The van der Waals surface area contributed by atoms with E-state index in [0.29, 0.717) is 17.8 Å². The number of piperazine rings is 1. The maximum atomic E-state index is 13.0. The van der Waals surface area contributed by atoms with E-state index in [0.717, 1.165) is 4.90 Å². The number of hydrogen-bond acceptors (Lipinski definition) is 3. The summed E-state index contributed by atoms with van der Waals surface area (Å²) >= 11 is 0. The molecule has 5 nitrogen and oxygen atoms in total. The van der Waals surface area contributed by atoms with E-state index in [1.807, 2.05) is 0 Å². The van der Waals surface area contributed by atoms with Crippen molar-refractivity contribution in [3.63, 3.8) is 0 Å². The molecule has 0 bridgehead atoms. The van der Waals surface area contributed by atoms with E-state index in [1.54, 1.807) is 4.90 Å². The number of anilines is 1. The number of carbonyl (C=O) groups excluding carboxylic acids is 2. The van der Waals surface area contributed by atoms with Crippen LogP contribution in [0.2, 0.25) is 0 Å². The van der Waals surface area contributed by atoms with Gasteiger partial charge in [-0.2, -0.15) is 26.3 Å². The average molecular weight is 477 g/mol. The van der Waals surface area contributed by atoms with E-state index in [1.165, 1.54) is 24.3 Å². The minimum absolute atomic E-state index is 0.0141. The van der Waals surface area contributed by atoms with Gasteiger partial charge < -0.3 is 10.2 Å². The van der Waals surface area contributed by atoms with Gasteiger partial charge in [0.1, 0.15) is 5.82 Å². The molecule has 1 aliphatic heterocycles. The van der Waals surface area contributed by atoms with E-state index in [9.17, 15) is 40.3 Å². The second-order valence-corrected chi connectivity index (χ2v) is 7.42. The van der Waals surface area contributed by atoms with Gasteiger partial charge in [-0.05, 0) is 42.5 Å². The Hall–Kier alpha value is -3.15. The molecule has 1 saturated heterocycles. The molecule has 3 rings (SSSR count). The zero-order chi connectivity index (χ0) is 24.4. The number of rotatable bonds is 4. The summed E-state index contributed by atoms with van der Waals surface area (Å²) in [5.74, 6) is -1.81. The summed E-state index contributed by atoms with van der Waals surface area (Å²) in [6, 6.07) is 5.90. The Morgan fingerprint density at radius 2 is 1.33 bits per heavy atom. The minimum Gasteiger partial charge on any atom is -0.336 e. The van der Waals surface area contributed by atoms with Gasteiger partial charge >= 0.3 is 12.4 Å². The molecular formula is C21H18F7N3O2. The topological polar surface area (TPSA) is 52.7 Å². The van der Waals surface area contributed by atoms with Gasteiger partial charge in [0.15, 0.2) is 0 Å². The highest BCUT2D eigenvalue weighted by molar-refractivity contribution is 5.95. The smallest absolute Gasteiger partial charge is 0.336 e. The number of amides is 2. The summed E-state index contributed by atoms with van der Waals surface area (Å²) in [5, 5.41) is 2.58. The Balaban J connectivity index is 1.63. The van der Waals surface area contributed by atoms with Crippen molar-refractivity contribution in [2.75, 3.05) is 38.0 Å². The second-order valence-electron chi connectivity index (χ2n) is 7.42. The predicted octanol–water partition coefficient (Wildman–Crippen LogP) is 4.26. The van der Waals surface area contributed by atoms with Crippen molar-refractivity contribution in [2.45, 2.75) is 12.4 Å². The summed E-state index contributed by atoms with van der Waals surface area (Å²) < 4.78 is 91.1. The number of carbonyl (C=O) groups is 2. The van der Waals surface area contributed by atoms with Gasteiger partial charge in [-0.25, -0.2) is 4.39 Å². The minimum atomic E-state index is -5.05. The van der Waals surface area contributed by atoms with Crippen LogP contribution in [0.15, 0.2) is 42.5 Å². The van der Waals surface area contributed by atoms with Gasteiger partial charge in [-0.1, -0.05) is 0 Å². The zero-order valence-electron chi connectivity index (χ0n) is 16.9. The van der Waals surface area contributed by atoms with Gasteiger partial charge in [0.2, 0.25) is 5.91 Å². The van der Waals surface area contributed by atoms with Gasteiger partial charge in [-0.15, -0.1) is 0 Å². The summed E-state index contributed by atoms with van der Waals surface area (Å²) in [5.41, 5.74) is -3.44. The lowest BCUT2D eigenvalue weighted by Gasteiger charge is -2.34. The average Bonchev–Trinajstić information content (AvgIpc) is 2.74. The molecular weight excluding hydrogens is 459 g/mol. The fourth-order valence-corrected chi connectivity index (χ4v) is 3.31. The Bertz CT molecular complexity index is 980. The lowest BCUT2D eigenvalue weighted by atomic mass is 10.0. The molecule has 0 unspecified atom stereocenters. The maximum absolute atomic E-state index is 13.0. The molecule has 0 aromatic heterocycles. The summed E-state index contributed by atoms with van der Waals surface area (Å²) in [4.78, 5) is 27.6. The third kappa shape index (κ3) is 6.44. The molecule has 2 aromatic rings. The first-order valence-electron chi connectivity index (χ1n) is 9.69. The normalized spacial score (nSPS) is 15.4. The van der Waals surface area contributed by atoms with Gasteiger partial charge in [-0.3, -0.25) is 14.5 Å². The van der Waals surface area contributed by atoms with Crippen LogP contribution in [0.4, 0.5) is 36.4 Å². The van der Waals surface area contributed by atoms with E-state index in [2.05, 4.69) is 5.32 Å². The SMILES string of the molecule is O=C(CN1CCN(C(=O)c2cc(C(F)(F)F)cc(C(F)(F)F)c2)CC1)Nc1ccc(F)cc1. The lowest BCUT2D eigenvalue weighted by molar-refractivity contribution is -0.143. The number of hydrogen-bond donors (Lipinski definition) is 1. The Kier molecular flexibility index (Phi) is 6.96. The number of benzene rings is 2. The zero-order valence-corrected chi connectivity index (χ0v) is 16.9. The van der Waals surface area contributed by atoms with Crippen LogP contribution < -0.4 is 5.32 Å². The molecule has 2 amide bonds. The highest BCUT2D eigenvalue weighted by Gasteiger charge is 2.38. The molecule has 178 valence electrons. The first-order chi connectivity index (χ1) is 15.3. The van der Waals surface area contributed by atoms with Gasteiger partial charge in [0.05, 0.1) is 17.7 Å². The first-order valence-corrected chi connectivity index (χ1v) is 9.69. The Labute approximate surface area is 183 Å². The van der Waals surface area contributed by atoms with Crippen molar-refractivity contribution in [1.82, 2.24) is 9.80 Å². The standard InChI is InChI=1S/C21H18F7N3O2/c22-16-1-3-17(4-2-16)29-18(32)12-30-5-7-31(8-6-30)19(33)13-9-14(20(23,24)25)11-15(10-13)21(26,27)28/h1-4,9-11H,5-8,12H2,(H,29,32). The van der Waals surface area contributed by atoms with Crippen LogP contribution in [0, 0.1) is 5.82 Å². The number of nitrogens with zero attached hydrogens (tertiary/aromatic N) is 2. The molecule has 1 aliphatic rings. The maximum Gasteiger partial charge on any atom is 0.416 e. The molecule has 33 heavy (non-hydrogen) atoms. The van der Waals surface area contributed by atoms with E-state index >= 15 is 0 Å². The van der Waals surface area contributed by atoms with E-state index in [-0.39, 0.29) is 38.8 Å². The third-order valence-electron chi connectivity index (χ3n) is 4.99. The second kappa shape index (κ2) is 9.38. The van der Waals surface area contributed by atoms with Crippen LogP contribution in [0.25, 0.3) is 0 Å². The highest BCUT2D eigenvalue weighted by Crippen LogP contribution is 2.36. The van der Waals surface area contributed by atoms with Crippen LogP contribution in [0.1, 0.15) is 21.5 Å². The molecule has 12 heteroatoms. The molecule has 0 aliphatic carbocycles. The van der Waals surface area contributed by atoms with Crippen LogP contribution >= 0.6 is 0 Å². The van der Waals surface area contributed by atoms with Crippen molar-refractivity contribution in [3.05, 3.63) is 65.0 Å². The molecule has 1 fully saturated rings. The molecule has 0 spiro atoms. The van der Waals surface area contributed by atoms with Crippen LogP contribution in [-0.4, -0.2) is 54.3 Å². The molecule has 1 heterocycles. The summed E-state index contributed by atoms with van der Waals surface area (Å²) in [6.07, 6.45) is -10.1. The number of alkyl halides is 6. The molecule has 0 atom stereocenters. The Morgan fingerprint density at radius 3 is 1.82 bits per heavy atom. The van der Waals surface area contributed by atoms with Crippen molar-refractivity contribution >= 4 is 17.5 Å². The Morgan fingerprint density at radius 1 is 0.818 bits per heavy atom. The lowest BCUT2D eigenvalue weighted by Crippen LogP contribution is -2.50. The molecule has 0 radical (unpaired) electrons. The van der Waals surface area contributed by atoms with Crippen LogP contribution in [-0.2, 0) is 17.1 Å². The van der Waals surface area contributed by atoms with Crippen molar-refractivity contribution in [2.24, 2.45) is 0 Å². The van der Waals surface area contributed by atoms with Crippen LogP contribution in [0.3, 0.4) is 0 Å². The highest BCUT2D eigenvalue weighted by atomic mass is 19.4. The quantitative estimate of drug-likeness (QED) is 0.670. The van der Waals surface area contributed by atoms with Crippen molar-refractivity contribution in [1.29, 1.82) is 0 Å². The summed E-state index contributed by atoms with van der Waals surface area (Å²) in [7, 11) is 0. The summed E-state index contributed by atoms with van der Waals surface area (Å²) in [6.45, 7) is 0.350. The monoisotopic (exact) mass is 477 g/mol. The fraction of sp³-hybridized carbons (Fsp3) is 0.333. The molecule has 0 saturated carbocycles. The van der Waals surface area contributed by atoms with Crippen molar-refractivity contribution < 1.29 is 40.3 Å². The first kappa shape index (κ1) is 24.5. The largest absolute Gasteiger partial charge is 0.416 e. The van der Waals surface area contributed by atoms with E-state index in [4.69, 9.17) is 0 Å². The molecule has 2 aromatic carbocycles. The van der Waals surface area contributed by atoms with Gasteiger partial charge in [0, 0.05) is 37.4 Å². The number of halogens is 7. The molecule has 1 N–H and O–H groups in total. The van der Waals surface area contributed by atoms with Crippen molar-refractivity contribution in [3.8, 4) is 0 Å². The van der Waals surface area contributed by atoms with Crippen LogP contribution in [0.5, 0.6) is 0 Å². The predicted molar refractivity (Wildman–Crippen MR) is 104 cm³/mol. The fourth-order valence-electron chi connectivity index (χ4n) is 3.31. The third-order valence-corrected chi connectivity index (χ3v) is 4.99. The number of nitrogens with one attached hydrogen (secondary N) is 1.